The lowest BCUT2D eigenvalue weighted by molar-refractivity contribution is -0.146. The predicted octanol–water partition coefficient (Wildman–Crippen LogP) is 5.21. The SMILES string of the molecule is O=C(Nc1ccc(Cl)cn1)c1oc2ccc(-c3cccs3)nc2c1NC(=O)[C@H]1CC[C@H](N2CCOCC2=O)CC1. The molecule has 12 heteroatoms. The van der Waals surface area contributed by atoms with E-state index in [1.54, 1.807) is 29.5 Å². The molecule has 6 rings (SSSR count). The number of rotatable bonds is 6. The van der Waals surface area contributed by atoms with Crippen LogP contribution in [0.1, 0.15) is 36.2 Å². The molecule has 40 heavy (non-hydrogen) atoms. The Bertz CT molecular complexity index is 1550. The number of halogens is 1. The predicted molar refractivity (Wildman–Crippen MR) is 151 cm³/mol. The molecule has 0 atom stereocenters. The van der Waals surface area contributed by atoms with Crippen molar-refractivity contribution in [1.82, 2.24) is 14.9 Å². The maximum atomic E-state index is 13.5. The third kappa shape index (κ3) is 5.45. The Balaban J connectivity index is 1.25. The Labute approximate surface area is 238 Å². The van der Waals surface area contributed by atoms with Crippen LogP contribution in [-0.4, -0.2) is 58.4 Å². The van der Waals surface area contributed by atoms with Crippen molar-refractivity contribution in [3.05, 3.63) is 58.8 Å². The van der Waals surface area contributed by atoms with Gasteiger partial charge in [-0.2, -0.15) is 0 Å². The fraction of sp³-hybridized carbons (Fsp3) is 0.321. The molecule has 2 N–H and O–H groups in total. The fourth-order valence-electron chi connectivity index (χ4n) is 5.23. The summed E-state index contributed by atoms with van der Waals surface area (Å²) in [6.07, 6.45) is 4.13. The standard InChI is InChI=1S/C28H26ClN5O5S/c29-17-5-10-22(30-14-17)32-28(37)26-25(24-20(39-26)9-8-19(31-24)21-2-1-13-40-21)33-27(36)16-3-6-18(7-4-16)34-11-12-38-15-23(34)35/h1-2,5,8-10,13-14,16,18H,3-4,6-7,11-12,15H2,(H,33,36)(H,30,32,37)/t16-,18-. The number of ether oxygens (including phenoxy) is 1. The first-order chi connectivity index (χ1) is 19.5. The summed E-state index contributed by atoms with van der Waals surface area (Å²) >= 11 is 7.46. The van der Waals surface area contributed by atoms with Crippen molar-refractivity contribution in [2.75, 3.05) is 30.4 Å². The number of thiophene rings is 1. The fourth-order valence-corrected chi connectivity index (χ4v) is 6.03. The normalized spacial score (nSPS) is 19.5. The number of aromatic nitrogens is 2. The zero-order valence-electron chi connectivity index (χ0n) is 21.4. The van der Waals surface area contributed by atoms with Gasteiger partial charge < -0.3 is 24.7 Å². The van der Waals surface area contributed by atoms with Gasteiger partial charge in [-0.3, -0.25) is 14.4 Å². The first-order valence-corrected chi connectivity index (χ1v) is 14.3. The van der Waals surface area contributed by atoms with Crippen LogP contribution in [-0.2, 0) is 14.3 Å². The summed E-state index contributed by atoms with van der Waals surface area (Å²) in [7, 11) is 0. The van der Waals surface area contributed by atoms with E-state index in [4.69, 9.17) is 25.7 Å². The Morgan fingerprint density at radius 1 is 1.07 bits per heavy atom. The Morgan fingerprint density at radius 2 is 1.93 bits per heavy atom. The molecule has 1 saturated heterocycles. The van der Waals surface area contributed by atoms with E-state index in [0.717, 1.165) is 17.7 Å². The van der Waals surface area contributed by atoms with Crippen LogP contribution in [0, 0.1) is 5.92 Å². The van der Waals surface area contributed by atoms with Gasteiger partial charge in [0.2, 0.25) is 17.6 Å². The number of nitrogens with one attached hydrogen (secondary N) is 2. The number of hydrogen-bond donors (Lipinski definition) is 2. The van der Waals surface area contributed by atoms with Gasteiger partial charge in [0.25, 0.3) is 5.91 Å². The van der Waals surface area contributed by atoms with Crippen molar-refractivity contribution < 1.29 is 23.5 Å². The molecule has 206 valence electrons. The molecule has 4 aromatic heterocycles. The lowest BCUT2D eigenvalue weighted by atomic mass is 9.84. The van der Waals surface area contributed by atoms with E-state index in [9.17, 15) is 14.4 Å². The second kappa shape index (κ2) is 11.4. The molecular weight excluding hydrogens is 554 g/mol. The lowest BCUT2D eigenvalue weighted by Crippen LogP contribution is -2.49. The van der Waals surface area contributed by atoms with Crippen LogP contribution in [0.2, 0.25) is 5.02 Å². The number of furan rings is 1. The first-order valence-electron chi connectivity index (χ1n) is 13.0. The molecule has 5 heterocycles. The van der Waals surface area contributed by atoms with Crippen LogP contribution in [0.15, 0.2) is 52.4 Å². The summed E-state index contributed by atoms with van der Waals surface area (Å²) < 4.78 is 11.2. The molecule has 0 unspecified atom stereocenters. The van der Waals surface area contributed by atoms with Gasteiger partial charge in [-0.05, 0) is 61.4 Å². The Hall–Kier alpha value is -3.80. The number of hydrogen-bond acceptors (Lipinski definition) is 8. The van der Waals surface area contributed by atoms with Gasteiger partial charge in [-0.1, -0.05) is 17.7 Å². The molecule has 2 aliphatic rings. The van der Waals surface area contributed by atoms with Crippen LogP contribution >= 0.6 is 22.9 Å². The van der Waals surface area contributed by atoms with E-state index < -0.39 is 5.91 Å². The number of nitrogens with zero attached hydrogens (tertiary/aromatic N) is 3. The van der Waals surface area contributed by atoms with Gasteiger partial charge in [0.15, 0.2) is 5.58 Å². The van der Waals surface area contributed by atoms with Crippen molar-refractivity contribution in [1.29, 1.82) is 0 Å². The number of carbonyl (C=O) groups excluding carboxylic acids is 3. The van der Waals surface area contributed by atoms with E-state index in [-0.39, 0.29) is 47.6 Å². The van der Waals surface area contributed by atoms with Crippen LogP contribution in [0.4, 0.5) is 11.5 Å². The summed E-state index contributed by atoms with van der Waals surface area (Å²) in [5, 5.41) is 8.06. The molecule has 1 aliphatic carbocycles. The minimum atomic E-state index is -0.574. The third-order valence-electron chi connectivity index (χ3n) is 7.26. The number of morpholine rings is 1. The Kier molecular flexibility index (Phi) is 7.50. The highest BCUT2D eigenvalue weighted by Crippen LogP contribution is 2.35. The Morgan fingerprint density at radius 3 is 2.65 bits per heavy atom. The second-order valence-corrected chi connectivity index (χ2v) is 11.2. The van der Waals surface area contributed by atoms with Gasteiger partial charge in [0.1, 0.15) is 23.6 Å². The molecule has 1 aliphatic heterocycles. The maximum Gasteiger partial charge on any atom is 0.294 e. The first kappa shape index (κ1) is 26.4. The quantitative estimate of drug-likeness (QED) is 0.321. The summed E-state index contributed by atoms with van der Waals surface area (Å²) in [5.41, 5.74) is 1.69. The van der Waals surface area contributed by atoms with Crippen molar-refractivity contribution in [3.63, 3.8) is 0 Å². The third-order valence-corrected chi connectivity index (χ3v) is 8.38. The minimum Gasteiger partial charge on any atom is -0.447 e. The van der Waals surface area contributed by atoms with Crippen LogP contribution < -0.4 is 10.6 Å². The summed E-state index contributed by atoms with van der Waals surface area (Å²) in [5.74, 6) is -0.834. The molecule has 2 fully saturated rings. The van der Waals surface area contributed by atoms with E-state index >= 15 is 0 Å². The number of amides is 3. The number of anilines is 2. The highest BCUT2D eigenvalue weighted by molar-refractivity contribution is 7.13. The molecule has 1 saturated carbocycles. The highest BCUT2D eigenvalue weighted by Gasteiger charge is 2.34. The molecular formula is C28H26ClN5O5S. The van der Waals surface area contributed by atoms with Gasteiger partial charge >= 0.3 is 0 Å². The average molecular weight is 580 g/mol. The van der Waals surface area contributed by atoms with Gasteiger partial charge in [-0.25, -0.2) is 9.97 Å². The van der Waals surface area contributed by atoms with Crippen molar-refractivity contribution in [2.24, 2.45) is 5.92 Å². The molecule has 4 aromatic rings. The highest BCUT2D eigenvalue weighted by atomic mass is 35.5. The molecule has 0 radical (unpaired) electrons. The molecule has 0 spiro atoms. The van der Waals surface area contributed by atoms with E-state index in [2.05, 4.69) is 15.6 Å². The van der Waals surface area contributed by atoms with Gasteiger partial charge in [0, 0.05) is 24.7 Å². The largest absolute Gasteiger partial charge is 0.447 e. The number of fused-ring (bicyclic) bond motifs is 1. The van der Waals surface area contributed by atoms with Crippen molar-refractivity contribution in [3.8, 4) is 10.6 Å². The van der Waals surface area contributed by atoms with E-state index in [1.165, 1.54) is 6.20 Å². The smallest absolute Gasteiger partial charge is 0.294 e. The maximum absolute atomic E-state index is 13.5. The molecule has 0 aromatic carbocycles. The summed E-state index contributed by atoms with van der Waals surface area (Å²) in [6.45, 7) is 1.24. The molecule has 10 nitrogen and oxygen atoms in total. The van der Waals surface area contributed by atoms with E-state index in [0.29, 0.717) is 47.8 Å². The van der Waals surface area contributed by atoms with Crippen LogP contribution in [0.3, 0.4) is 0 Å². The minimum absolute atomic E-state index is 0.00229. The summed E-state index contributed by atoms with van der Waals surface area (Å²) in [6, 6.07) is 10.7. The average Bonchev–Trinajstić information content (AvgIpc) is 3.63. The van der Waals surface area contributed by atoms with Crippen LogP contribution in [0.5, 0.6) is 0 Å². The lowest BCUT2D eigenvalue weighted by Gasteiger charge is -2.38. The zero-order chi connectivity index (χ0) is 27.6. The zero-order valence-corrected chi connectivity index (χ0v) is 23.0. The molecule has 0 bridgehead atoms. The topological polar surface area (TPSA) is 127 Å². The summed E-state index contributed by atoms with van der Waals surface area (Å²) in [4.78, 5) is 50.8. The number of carbonyl (C=O) groups is 3. The monoisotopic (exact) mass is 579 g/mol. The van der Waals surface area contributed by atoms with E-state index in [1.807, 2.05) is 28.5 Å². The van der Waals surface area contributed by atoms with Crippen LogP contribution in [0.25, 0.3) is 21.7 Å². The second-order valence-electron chi connectivity index (χ2n) is 9.78. The number of pyridine rings is 2. The molecule has 3 amide bonds. The van der Waals surface area contributed by atoms with Crippen molar-refractivity contribution >= 4 is 63.3 Å². The van der Waals surface area contributed by atoms with Gasteiger partial charge in [0.05, 0.1) is 22.2 Å². The van der Waals surface area contributed by atoms with Crippen molar-refractivity contribution in [2.45, 2.75) is 31.7 Å². The van der Waals surface area contributed by atoms with Gasteiger partial charge in [-0.15, -0.1) is 11.3 Å².